The summed E-state index contributed by atoms with van der Waals surface area (Å²) in [5.41, 5.74) is 0. The molecule has 0 aromatic rings. The molecule has 3 unspecified atom stereocenters. The molecular weight excluding hydrogens is 190 g/mol. The van der Waals surface area contributed by atoms with E-state index in [1.165, 1.54) is 19.3 Å². The van der Waals surface area contributed by atoms with Crippen LogP contribution < -0.4 is 5.32 Å². The van der Waals surface area contributed by atoms with E-state index in [0.717, 1.165) is 6.42 Å². The molecule has 3 heteroatoms. The fourth-order valence-corrected chi connectivity index (χ4v) is 2.25. The molecule has 0 bridgehead atoms. The van der Waals surface area contributed by atoms with Crippen LogP contribution in [0.25, 0.3) is 0 Å². The summed E-state index contributed by atoms with van der Waals surface area (Å²) >= 11 is 0. The van der Waals surface area contributed by atoms with Gasteiger partial charge in [0.15, 0.2) is 0 Å². The van der Waals surface area contributed by atoms with E-state index in [1.54, 1.807) is 0 Å². The molecule has 0 aromatic carbocycles. The Labute approximate surface area is 92.6 Å². The fourth-order valence-electron chi connectivity index (χ4n) is 2.25. The minimum Gasteiger partial charge on any atom is -0.465 e. The monoisotopic (exact) mass is 213 g/mol. The molecule has 3 nitrogen and oxygen atoms in total. The number of hydrogen-bond donors (Lipinski definition) is 1. The van der Waals surface area contributed by atoms with Gasteiger partial charge in [-0.1, -0.05) is 20.3 Å². The van der Waals surface area contributed by atoms with Crippen molar-refractivity contribution in [2.75, 3.05) is 6.61 Å². The Morgan fingerprint density at radius 1 is 1.47 bits per heavy atom. The minimum absolute atomic E-state index is 0.0981. The maximum atomic E-state index is 11.6. The van der Waals surface area contributed by atoms with Crippen LogP contribution in [0.2, 0.25) is 0 Å². The zero-order chi connectivity index (χ0) is 11.3. The van der Waals surface area contributed by atoms with Crippen LogP contribution in [0, 0.1) is 5.92 Å². The molecule has 1 saturated carbocycles. The van der Waals surface area contributed by atoms with Gasteiger partial charge >= 0.3 is 5.97 Å². The predicted molar refractivity (Wildman–Crippen MR) is 60.7 cm³/mol. The highest BCUT2D eigenvalue weighted by Crippen LogP contribution is 2.25. The Bertz CT molecular complexity index is 206. The van der Waals surface area contributed by atoms with Crippen molar-refractivity contribution in [1.29, 1.82) is 0 Å². The van der Waals surface area contributed by atoms with E-state index in [0.29, 0.717) is 18.6 Å². The molecule has 0 aromatic heterocycles. The van der Waals surface area contributed by atoms with Crippen molar-refractivity contribution >= 4 is 5.97 Å². The molecule has 0 saturated heterocycles. The van der Waals surface area contributed by atoms with Crippen LogP contribution in [0.1, 0.15) is 46.5 Å². The second-order valence-electron chi connectivity index (χ2n) is 4.39. The second-order valence-corrected chi connectivity index (χ2v) is 4.39. The first-order chi connectivity index (χ1) is 7.19. The smallest absolute Gasteiger partial charge is 0.323 e. The molecular formula is C12H23NO2. The first-order valence-corrected chi connectivity index (χ1v) is 6.11. The van der Waals surface area contributed by atoms with E-state index < -0.39 is 0 Å². The quantitative estimate of drug-likeness (QED) is 0.711. The Morgan fingerprint density at radius 2 is 2.20 bits per heavy atom. The lowest BCUT2D eigenvalue weighted by Gasteiger charge is -2.23. The van der Waals surface area contributed by atoms with Crippen LogP contribution in [0.4, 0.5) is 0 Å². The number of carbonyl (C=O) groups excluding carboxylic acids is 1. The van der Waals surface area contributed by atoms with Crippen molar-refractivity contribution < 1.29 is 9.53 Å². The van der Waals surface area contributed by atoms with Gasteiger partial charge in [-0.2, -0.15) is 0 Å². The van der Waals surface area contributed by atoms with E-state index in [1.807, 2.05) is 13.8 Å². The van der Waals surface area contributed by atoms with Gasteiger partial charge in [0.1, 0.15) is 6.04 Å². The fraction of sp³-hybridized carbons (Fsp3) is 0.917. The lowest BCUT2D eigenvalue weighted by molar-refractivity contribution is -0.146. The van der Waals surface area contributed by atoms with Crippen molar-refractivity contribution in [3.05, 3.63) is 0 Å². The number of hydrogen-bond acceptors (Lipinski definition) is 3. The molecule has 0 aliphatic heterocycles. The van der Waals surface area contributed by atoms with E-state index in [9.17, 15) is 4.79 Å². The maximum Gasteiger partial charge on any atom is 0.323 e. The zero-order valence-corrected chi connectivity index (χ0v) is 10.1. The van der Waals surface area contributed by atoms with E-state index in [2.05, 4.69) is 12.2 Å². The van der Waals surface area contributed by atoms with Gasteiger partial charge in [-0.15, -0.1) is 0 Å². The predicted octanol–water partition coefficient (Wildman–Crippen LogP) is 2.11. The Hall–Kier alpha value is -0.570. The first-order valence-electron chi connectivity index (χ1n) is 6.11. The maximum absolute atomic E-state index is 11.6. The molecule has 1 aliphatic rings. The number of esters is 1. The molecule has 1 aliphatic carbocycles. The third kappa shape index (κ3) is 3.49. The first kappa shape index (κ1) is 12.5. The normalized spacial score (nSPS) is 27.7. The SMILES string of the molecule is CCOC(=O)C(CC)NC1CCCC1C. The highest BCUT2D eigenvalue weighted by atomic mass is 16.5. The summed E-state index contributed by atoms with van der Waals surface area (Å²) in [6.45, 7) is 6.59. The molecule has 1 rings (SSSR count). The molecule has 88 valence electrons. The van der Waals surface area contributed by atoms with Gasteiger partial charge in [0.2, 0.25) is 0 Å². The Kier molecular flexibility index (Phi) is 5.09. The van der Waals surface area contributed by atoms with Crippen molar-refractivity contribution in [2.24, 2.45) is 5.92 Å². The Morgan fingerprint density at radius 3 is 2.67 bits per heavy atom. The summed E-state index contributed by atoms with van der Waals surface area (Å²) in [5.74, 6) is 0.590. The van der Waals surface area contributed by atoms with Gasteiger partial charge in [-0.3, -0.25) is 4.79 Å². The number of ether oxygens (including phenoxy) is 1. The van der Waals surface area contributed by atoms with Gasteiger partial charge in [0.25, 0.3) is 0 Å². The minimum atomic E-state index is -0.115. The van der Waals surface area contributed by atoms with Crippen molar-refractivity contribution in [2.45, 2.75) is 58.5 Å². The summed E-state index contributed by atoms with van der Waals surface area (Å²) in [5, 5.41) is 3.43. The Balaban J connectivity index is 2.41. The summed E-state index contributed by atoms with van der Waals surface area (Å²) in [6, 6.07) is 0.384. The molecule has 15 heavy (non-hydrogen) atoms. The summed E-state index contributed by atoms with van der Waals surface area (Å²) < 4.78 is 5.04. The lowest BCUT2D eigenvalue weighted by Crippen LogP contribution is -2.44. The molecule has 0 heterocycles. The van der Waals surface area contributed by atoms with Gasteiger partial charge in [0, 0.05) is 6.04 Å². The van der Waals surface area contributed by atoms with Crippen LogP contribution in [0.15, 0.2) is 0 Å². The highest BCUT2D eigenvalue weighted by Gasteiger charge is 2.28. The molecule has 0 amide bonds. The number of nitrogens with one attached hydrogen (secondary N) is 1. The van der Waals surface area contributed by atoms with Gasteiger partial charge in [-0.05, 0) is 32.1 Å². The van der Waals surface area contributed by atoms with Crippen LogP contribution in [0.3, 0.4) is 0 Å². The van der Waals surface area contributed by atoms with E-state index in [-0.39, 0.29) is 12.0 Å². The summed E-state index contributed by atoms with van der Waals surface area (Å²) in [7, 11) is 0. The van der Waals surface area contributed by atoms with E-state index in [4.69, 9.17) is 4.74 Å². The van der Waals surface area contributed by atoms with Gasteiger partial charge < -0.3 is 10.1 Å². The molecule has 0 radical (unpaired) electrons. The second kappa shape index (κ2) is 6.11. The van der Waals surface area contributed by atoms with Crippen molar-refractivity contribution in [3.8, 4) is 0 Å². The van der Waals surface area contributed by atoms with Crippen LogP contribution in [0.5, 0.6) is 0 Å². The van der Waals surface area contributed by atoms with Crippen molar-refractivity contribution in [3.63, 3.8) is 0 Å². The standard InChI is InChI=1S/C12H23NO2/c1-4-10(12(14)15-5-2)13-11-8-6-7-9(11)3/h9-11,13H,4-8H2,1-3H3. The average Bonchev–Trinajstić information content (AvgIpc) is 2.61. The average molecular weight is 213 g/mol. The summed E-state index contributed by atoms with van der Waals surface area (Å²) in [4.78, 5) is 11.6. The largest absolute Gasteiger partial charge is 0.465 e. The van der Waals surface area contributed by atoms with E-state index >= 15 is 0 Å². The number of carbonyl (C=O) groups is 1. The molecule has 0 spiro atoms. The molecule has 1 N–H and O–H groups in total. The third-order valence-corrected chi connectivity index (χ3v) is 3.26. The molecule has 3 atom stereocenters. The van der Waals surface area contributed by atoms with Crippen LogP contribution >= 0.6 is 0 Å². The molecule has 1 fully saturated rings. The lowest BCUT2D eigenvalue weighted by atomic mass is 10.0. The number of rotatable bonds is 5. The van der Waals surface area contributed by atoms with Gasteiger partial charge in [0.05, 0.1) is 6.61 Å². The van der Waals surface area contributed by atoms with Crippen LogP contribution in [-0.2, 0) is 9.53 Å². The van der Waals surface area contributed by atoms with Crippen molar-refractivity contribution in [1.82, 2.24) is 5.32 Å². The highest BCUT2D eigenvalue weighted by molar-refractivity contribution is 5.75. The third-order valence-electron chi connectivity index (χ3n) is 3.26. The summed E-state index contributed by atoms with van der Waals surface area (Å²) in [6.07, 6.45) is 4.55. The van der Waals surface area contributed by atoms with Crippen LogP contribution in [-0.4, -0.2) is 24.7 Å². The topological polar surface area (TPSA) is 38.3 Å². The zero-order valence-electron chi connectivity index (χ0n) is 10.1. The van der Waals surface area contributed by atoms with Gasteiger partial charge in [-0.25, -0.2) is 0 Å².